The van der Waals surface area contributed by atoms with Gasteiger partial charge in [-0.25, -0.2) is 0 Å². The lowest BCUT2D eigenvalue weighted by molar-refractivity contribution is 0.316. The van der Waals surface area contributed by atoms with E-state index in [2.05, 4.69) is 26.4 Å². The van der Waals surface area contributed by atoms with Crippen LogP contribution in [0.3, 0.4) is 0 Å². The number of hydrogen-bond donors (Lipinski definition) is 3. The number of oxime groups is 1. The van der Waals surface area contributed by atoms with Crippen LogP contribution in [-0.4, -0.2) is 17.1 Å². The normalized spacial score (nSPS) is 13.6. The molecule has 0 amide bonds. The number of benzene rings is 1. The largest absolute Gasteiger partial charge is 0.409 e. The third-order valence-electron chi connectivity index (χ3n) is 1.90. The monoisotopic (exact) mass is 271 g/mol. The fourth-order valence-electron chi connectivity index (χ4n) is 1.24. The summed E-state index contributed by atoms with van der Waals surface area (Å²) in [7, 11) is 0. The van der Waals surface area contributed by atoms with E-state index in [0.717, 1.165) is 10.2 Å². The molecule has 0 bridgehead atoms. The van der Waals surface area contributed by atoms with Crippen molar-refractivity contribution in [1.29, 1.82) is 0 Å². The topological polar surface area (TPSA) is 70.6 Å². The zero-order valence-electron chi connectivity index (χ0n) is 8.44. The Labute approximate surface area is 97.3 Å². The summed E-state index contributed by atoms with van der Waals surface area (Å²) in [6, 6.07) is 7.97. The number of nitrogens with zero attached hydrogens (tertiary/aromatic N) is 1. The van der Waals surface area contributed by atoms with Gasteiger partial charge in [0, 0.05) is 22.6 Å². The number of amidine groups is 1. The SMILES string of the molecule is CC(CC(N)=NO)Nc1ccc(Br)cc1. The van der Waals surface area contributed by atoms with Gasteiger partial charge < -0.3 is 16.3 Å². The van der Waals surface area contributed by atoms with E-state index in [0.29, 0.717) is 6.42 Å². The van der Waals surface area contributed by atoms with Gasteiger partial charge in [0.15, 0.2) is 0 Å². The lowest BCUT2D eigenvalue weighted by Crippen LogP contribution is -2.24. The van der Waals surface area contributed by atoms with Crippen LogP contribution in [0.1, 0.15) is 13.3 Å². The molecule has 0 aromatic heterocycles. The zero-order chi connectivity index (χ0) is 11.3. The predicted octanol–water partition coefficient (Wildman–Crippen LogP) is 2.39. The van der Waals surface area contributed by atoms with Crippen molar-refractivity contribution in [3.63, 3.8) is 0 Å². The molecule has 1 rings (SSSR count). The summed E-state index contributed by atoms with van der Waals surface area (Å²) in [6.07, 6.45) is 0.507. The first-order chi connectivity index (χ1) is 7.11. The van der Waals surface area contributed by atoms with Crippen LogP contribution in [0.25, 0.3) is 0 Å². The minimum atomic E-state index is 0.127. The molecule has 0 saturated carbocycles. The molecule has 0 aliphatic heterocycles. The second-order valence-electron chi connectivity index (χ2n) is 3.35. The van der Waals surface area contributed by atoms with Gasteiger partial charge in [-0.1, -0.05) is 21.1 Å². The van der Waals surface area contributed by atoms with E-state index in [9.17, 15) is 0 Å². The van der Waals surface area contributed by atoms with E-state index in [4.69, 9.17) is 10.9 Å². The van der Waals surface area contributed by atoms with Crippen molar-refractivity contribution in [2.45, 2.75) is 19.4 Å². The minimum absolute atomic E-state index is 0.127. The maximum absolute atomic E-state index is 8.42. The second-order valence-corrected chi connectivity index (χ2v) is 4.26. The van der Waals surface area contributed by atoms with Crippen LogP contribution in [0.2, 0.25) is 0 Å². The minimum Gasteiger partial charge on any atom is -0.409 e. The molecule has 1 unspecified atom stereocenters. The van der Waals surface area contributed by atoms with E-state index in [1.54, 1.807) is 0 Å². The molecule has 82 valence electrons. The molecule has 0 saturated heterocycles. The summed E-state index contributed by atoms with van der Waals surface area (Å²) >= 11 is 3.36. The van der Waals surface area contributed by atoms with Crippen molar-refractivity contribution < 1.29 is 5.21 Å². The molecule has 4 N–H and O–H groups in total. The first kappa shape index (κ1) is 11.8. The number of nitrogens with one attached hydrogen (secondary N) is 1. The number of anilines is 1. The van der Waals surface area contributed by atoms with Gasteiger partial charge >= 0.3 is 0 Å². The quantitative estimate of drug-likeness (QED) is 0.341. The summed E-state index contributed by atoms with van der Waals surface area (Å²) in [5, 5.41) is 14.6. The Hall–Kier alpha value is -1.23. The summed E-state index contributed by atoms with van der Waals surface area (Å²) < 4.78 is 1.04. The summed E-state index contributed by atoms with van der Waals surface area (Å²) in [6.45, 7) is 1.97. The lowest BCUT2D eigenvalue weighted by atomic mass is 10.2. The first-order valence-electron chi connectivity index (χ1n) is 4.60. The Morgan fingerprint density at radius 2 is 2.13 bits per heavy atom. The fraction of sp³-hybridized carbons (Fsp3) is 0.300. The number of rotatable bonds is 4. The van der Waals surface area contributed by atoms with Gasteiger partial charge in [0.2, 0.25) is 0 Å². The average Bonchev–Trinajstić information content (AvgIpc) is 2.21. The standard InChI is InChI=1S/C10H14BrN3O/c1-7(6-10(12)14-15)13-9-4-2-8(11)3-5-9/h2-5,7,13,15H,6H2,1H3,(H2,12,14). The molecule has 0 radical (unpaired) electrons. The van der Waals surface area contributed by atoms with Crippen LogP contribution >= 0.6 is 15.9 Å². The molecular weight excluding hydrogens is 258 g/mol. The molecule has 15 heavy (non-hydrogen) atoms. The molecule has 1 aromatic carbocycles. The van der Waals surface area contributed by atoms with Gasteiger partial charge in [-0.2, -0.15) is 0 Å². The fourth-order valence-corrected chi connectivity index (χ4v) is 1.50. The highest BCUT2D eigenvalue weighted by atomic mass is 79.9. The highest BCUT2D eigenvalue weighted by molar-refractivity contribution is 9.10. The third-order valence-corrected chi connectivity index (χ3v) is 2.43. The molecule has 4 nitrogen and oxygen atoms in total. The van der Waals surface area contributed by atoms with Gasteiger partial charge in [0.25, 0.3) is 0 Å². The maximum Gasteiger partial charge on any atom is 0.141 e. The van der Waals surface area contributed by atoms with Gasteiger partial charge in [-0.3, -0.25) is 0 Å². The molecule has 1 atom stereocenters. The number of halogens is 1. The summed E-state index contributed by atoms with van der Waals surface area (Å²) in [5.74, 6) is 0.229. The van der Waals surface area contributed by atoms with Crippen LogP contribution in [0, 0.1) is 0 Å². The number of hydrogen-bond acceptors (Lipinski definition) is 3. The highest BCUT2D eigenvalue weighted by Gasteiger charge is 2.04. The average molecular weight is 272 g/mol. The lowest BCUT2D eigenvalue weighted by Gasteiger charge is -2.14. The third kappa shape index (κ3) is 4.20. The molecule has 1 aromatic rings. The van der Waals surface area contributed by atoms with Crippen molar-refractivity contribution in [2.75, 3.05) is 5.32 Å². The van der Waals surface area contributed by atoms with E-state index in [1.165, 1.54) is 0 Å². The predicted molar refractivity (Wildman–Crippen MR) is 65.3 cm³/mol. The van der Waals surface area contributed by atoms with Crippen molar-refractivity contribution in [3.8, 4) is 0 Å². The molecule has 0 aliphatic rings. The summed E-state index contributed by atoms with van der Waals surface area (Å²) in [4.78, 5) is 0. The Bertz CT molecular complexity index is 337. The van der Waals surface area contributed by atoms with Gasteiger partial charge in [-0.15, -0.1) is 0 Å². The molecule has 0 fully saturated rings. The molecule has 0 heterocycles. The van der Waals surface area contributed by atoms with E-state index < -0.39 is 0 Å². The molecule has 0 aliphatic carbocycles. The van der Waals surface area contributed by atoms with Crippen molar-refractivity contribution in [2.24, 2.45) is 10.9 Å². The molecule has 5 heteroatoms. The first-order valence-corrected chi connectivity index (χ1v) is 5.39. The van der Waals surface area contributed by atoms with Crippen LogP contribution in [-0.2, 0) is 0 Å². The zero-order valence-corrected chi connectivity index (χ0v) is 10.0. The number of nitrogens with two attached hydrogens (primary N) is 1. The second kappa shape index (κ2) is 5.60. The van der Waals surface area contributed by atoms with E-state index in [-0.39, 0.29) is 11.9 Å². The van der Waals surface area contributed by atoms with Crippen LogP contribution in [0.5, 0.6) is 0 Å². The van der Waals surface area contributed by atoms with Crippen molar-refractivity contribution >= 4 is 27.5 Å². The molecular formula is C10H14BrN3O. The van der Waals surface area contributed by atoms with Crippen LogP contribution in [0.4, 0.5) is 5.69 Å². The molecule has 0 spiro atoms. The van der Waals surface area contributed by atoms with E-state index in [1.807, 2.05) is 31.2 Å². The van der Waals surface area contributed by atoms with Crippen molar-refractivity contribution in [3.05, 3.63) is 28.7 Å². The van der Waals surface area contributed by atoms with Gasteiger partial charge in [0.1, 0.15) is 5.84 Å². The Morgan fingerprint density at radius 1 is 1.53 bits per heavy atom. The smallest absolute Gasteiger partial charge is 0.141 e. The Kier molecular flexibility index (Phi) is 4.42. The Balaban J connectivity index is 2.51. The van der Waals surface area contributed by atoms with E-state index >= 15 is 0 Å². The van der Waals surface area contributed by atoms with Gasteiger partial charge in [0.05, 0.1) is 0 Å². The van der Waals surface area contributed by atoms with Crippen LogP contribution < -0.4 is 11.1 Å². The van der Waals surface area contributed by atoms with Crippen LogP contribution in [0.15, 0.2) is 33.9 Å². The Morgan fingerprint density at radius 3 is 2.67 bits per heavy atom. The van der Waals surface area contributed by atoms with Gasteiger partial charge in [-0.05, 0) is 31.2 Å². The summed E-state index contributed by atoms with van der Waals surface area (Å²) in [5.41, 5.74) is 6.41. The van der Waals surface area contributed by atoms with Crippen molar-refractivity contribution in [1.82, 2.24) is 0 Å². The maximum atomic E-state index is 8.42. The highest BCUT2D eigenvalue weighted by Crippen LogP contribution is 2.15.